The van der Waals surface area contributed by atoms with Gasteiger partial charge in [-0.25, -0.2) is 0 Å². The molecular weight excluding hydrogens is 290 g/mol. The van der Waals surface area contributed by atoms with Crippen molar-refractivity contribution in [3.05, 3.63) is 0 Å². The predicted molar refractivity (Wildman–Crippen MR) is 87.6 cm³/mol. The SMILES string of the molecule is CCN(CC)C(=O)CCC(=O)N1CCCC(CNC)C1.Cl. The highest BCUT2D eigenvalue weighted by Gasteiger charge is 2.23. The van der Waals surface area contributed by atoms with Crippen LogP contribution in [0.3, 0.4) is 0 Å². The van der Waals surface area contributed by atoms with Crippen LogP contribution in [0.5, 0.6) is 0 Å². The van der Waals surface area contributed by atoms with Crippen LogP contribution in [0.25, 0.3) is 0 Å². The fourth-order valence-electron chi connectivity index (χ4n) is 2.85. The molecule has 0 bridgehead atoms. The molecule has 6 heteroatoms. The number of halogens is 1. The Balaban J connectivity index is 0.00000400. The number of hydrogen-bond acceptors (Lipinski definition) is 3. The molecule has 1 fully saturated rings. The summed E-state index contributed by atoms with van der Waals surface area (Å²) in [5.74, 6) is 0.773. The minimum absolute atomic E-state index is 0. The summed E-state index contributed by atoms with van der Waals surface area (Å²) >= 11 is 0. The predicted octanol–water partition coefficient (Wildman–Crippen LogP) is 1.51. The first-order valence-corrected chi connectivity index (χ1v) is 7.82. The summed E-state index contributed by atoms with van der Waals surface area (Å²) in [5.41, 5.74) is 0. The number of carbonyl (C=O) groups is 2. The Morgan fingerprint density at radius 3 is 2.48 bits per heavy atom. The Morgan fingerprint density at radius 1 is 1.24 bits per heavy atom. The largest absolute Gasteiger partial charge is 0.343 e. The average Bonchev–Trinajstić information content (AvgIpc) is 2.46. The van der Waals surface area contributed by atoms with Crippen LogP contribution in [0.2, 0.25) is 0 Å². The number of nitrogens with one attached hydrogen (secondary N) is 1. The van der Waals surface area contributed by atoms with E-state index in [1.807, 2.05) is 25.8 Å². The van der Waals surface area contributed by atoms with Gasteiger partial charge >= 0.3 is 0 Å². The first kappa shape index (κ1) is 20.2. The molecule has 0 spiro atoms. The number of nitrogens with zero attached hydrogens (tertiary/aromatic N) is 2. The molecule has 2 amide bonds. The molecule has 1 aliphatic rings. The smallest absolute Gasteiger partial charge is 0.223 e. The lowest BCUT2D eigenvalue weighted by atomic mass is 9.97. The topological polar surface area (TPSA) is 52.7 Å². The van der Waals surface area contributed by atoms with Crippen molar-refractivity contribution in [3.63, 3.8) is 0 Å². The van der Waals surface area contributed by atoms with E-state index in [4.69, 9.17) is 0 Å². The first-order valence-electron chi connectivity index (χ1n) is 7.82. The van der Waals surface area contributed by atoms with E-state index in [-0.39, 0.29) is 24.2 Å². The molecule has 0 aromatic rings. The molecule has 1 atom stereocenters. The van der Waals surface area contributed by atoms with E-state index in [1.165, 1.54) is 6.42 Å². The zero-order valence-corrected chi connectivity index (χ0v) is 14.4. The Labute approximate surface area is 134 Å². The third-order valence-electron chi connectivity index (χ3n) is 4.03. The fourth-order valence-corrected chi connectivity index (χ4v) is 2.85. The lowest BCUT2D eigenvalue weighted by Gasteiger charge is -2.33. The molecule has 1 aliphatic heterocycles. The van der Waals surface area contributed by atoms with Gasteiger partial charge in [-0.15, -0.1) is 12.4 Å². The quantitative estimate of drug-likeness (QED) is 0.774. The maximum absolute atomic E-state index is 12.2. The first-order chi connectivity index (χ1) is 9.62. The van der Waals surface area contributed by atoms with Crippen molar-refractivity contribution in [2.45, 2.75) is 39.5 Å². The van der Waals surface area contributed by atoms with Gasteiger partial charge in [-0.1, -0.05) is 0 Å². The molecular formula is C15H30ClN3O2. The van der Waals surface area contributed by atoms with Crippen LogP contribution in [0.15, 0.2) is 0 Å². The van der Waals surface area contributed by atoms with E-state index in [0.29, 0.717) is 18.8 Å². The maximum atomic E-state index is 12.2. The Hall–Kier alpha value is -0.810. The molecule has 1 N–H and O–H groups in total. The molecule has 0 radical (unpaired) electrons. The second-order valence-corrected chi connectivity index (χ2v) is 5.47. The Bertz CT molecular complexity index is 320. The summed E-state index contributed by atoms with van der Waals surface area (Å²) in [5, 5.41) is 3.18. The van der Waals surface area contributed by atoms with Crippen molar-refractivity contribution >= 4 is 24.2 Å². The lowest BCUT2D eigenvalue weighted by Crippen LogP contribution is -2.42. The number of piperidine rings is 1. The van der Waals surface area contributed by atoms with Crippen molar-refractivity contribution in [3.8, 4) is 0 Å². The summed E-state index contributed by atoms with van der Waals surface area (Å²) in [6, 6.07) is 0. The van der Waals surface area contributed by atoms with Gasteiger partial charge in [0.1, 0.15) is 0 Å². The van der Waals surface area contributed by atoms with Gasteiger partial charge in [0, 0.05) is 39.0 Å². The Morgan fingerprint density at radius 2 is 1.90 bits per heavy atom. The summed E-state index contributed by atoms with van der Waals surface area (Å²) in [6.45, 7) is 8.02. The van der Waals surface area contributed by atoms with Crippen LogP contribution in [-0.4, -0.2) is 61.4 Å². The van der Waals surface area contributed by atoms with Gasteiger partial charge in [-0.2, -0.15) is 0 Å². The van der Waals surface area contributed by atoms with Gasteiger partial charge in [-0.3, -0.25) is 9.59 Å². The highest BCUT2D eigenvalue weighted by Crippen LogP contribution is 2.17. The van der Waals surface area contributed by atoms with Gasteiger partial charge in [-0.05, 0) is 46.2 Å². The standard InChI is InChI=1S/C15H29N3O2.ClH/c1-4-17(5-2)14(19)8-9-15(20)18-10-6-7-13(12-18)11-16-3;/h13,16H,4-12H2,1-3H3;1H. The van der Waals surface area contributed by atoms with Gasteiger partial charge in [0.2, 0.25) is 11.8 Å². The van der Waals surface area contributed by atoms with Gasteiger partial charge in [0.25, 0.3) is 0 Å². The van der Waals surface area contributed by atoms with Crippen molar-refractivity contribution in [1.29, 1.82) is 0 Å². The molecule has 1 heterocycles. The molecule has 0 aromatic heterocycles. The minimum Gasteiger partial charge on any atom is -0.343 e. The normalized spacial score (nSPS) is 18.0. The van der Waals surface area contributed by atoms with Gasteiger partial charge in [0.15, 0.2) is 0 Å². The fraction of sp³-hybridized carbons (Fsp3) is 0.867. The molecule has 124 valence electrons. The maximum Gasteiger partial charge on any atom is 0.223 e. The number of amides is 2. The Kier molecular flexibility index (Phi) is 10.4. The second kappa shape index (κ2) is 10.9. The van der Waals surface area contributed by atoms with Crippen LogP contribution >= 0.6 is 12.4 Å². The van der Waals surface area contributed by atoms with Crippen molar-refractivity contribution < 1.29 is 9.59 Å². The monoisotopic (exact) mass is 319 g/mol. The molecule has 1 rings (SSSR count). The van der Waals surface area contributed by atoms with Crippen LogP contribution in [0, 0.1) is 5.92 Å². The van der Waals surface area contributed by atoms with E-state index >= 15 is 0 Å². The highest BCUT2D eigenvalue weighted by molar-refractivity contribution is 5.85. The summed E-state index contributed by atoms with van der Waals surface area (Å²) < 4.78 is 0. The number of carbonyl (C=O) groups excluding carboxylic acids is 2. The lowest BCUT2D eigenvalue weighted by molar-refractivity contribution is -0.137. The summed E-state index contributed by atoms with van der Waals surface area (Å²) in [4.78, 5) is 27.8. The molecule has 1 saturated heterocycles. The molecule has 5 nitrogen and oxygen atoms in total. The third-order valence-corrected chi connectivity index (χ3v) is 4.03. The minimum atomic E-state index is 0. The van der Waals surface area contributed by atoms with Crippen LogP contribution in [-0.2, 0) is 9.59 Å². The van der Waals surface area contributed by atoms with Crippen molar-refractivity contribution in [2.75, 3.05) is 39.8 Å². The summed E-state index contributed by atoms with van der Waals surface area (Å²) in [6.07, 6.45) is 2.94. The number of likely N-dealkylation sites (tertiary alicyclic amines) is 1. The van der Waals surface area contributed by atoms with E-state index < -0.39 is 0 Å². The van der Waals surface area contributed by atoms with Crippen molar-refractivity contribution in [2.24, 2.45) is 5.92 Å². The van der Waals surface area contributed by atoms with Crippen LogP contribution in [0.4, 0.5) is 0 Å². The molecule has 0 aliphatic carbocycles. The van der Waals surface area contributed by atoms with Crippen molar-refractivity contribution in [1.82, 2.24) is 15.1 Å². The van der Waals surface area contributed by atoms with E-state index in [9.17, 15) is 9.59 Å². The third kappa shape index (κ3) is 6.66. The number of hydrogen-bond donors (Lipinski definition) is 1. The molecule has 0 saturated carbocycles. The molecule has 1 unspecified atom stereocenters. The highest BCUT2D eigenvalue weighted by atomic mass is 35.5. The van der Waals surface area contributed by atoms with Crippen LogP contribution in [0.1, 0.15) is 39.5 Å². The van der Waals surface area contributed by atoms with Crippen LogP contribution < -0.4 is 5.32 Å². The average molecular weight is 320 g/mol. The van der Waals surface area contributed by atoms with E-state index in [0.717, 1.165) is 39.1 Å². The number of rotatable bonds is 7. The molecule has 0 aromatic carbocycles. The second-order valence-electron chi connectivity index (χ2n) is 5.47. The van der Waals surface area contributed by atoms with Gasteiger partial charge < -0.3 is 15.1 Å². The van der Waals surface area contributed by atoms with E-state index in [2.05, 4.69) is 5.32 Å². The zero-order chi connectivity index (χ0) is 15.0. The summed E-state index contributed by atoms with van der Waals surface area (Å²) in [7, 11) is 1.95. The van der Waals surface area contributed by atoms with Gasteiger partial charge in [0.05, 0.1) is 0 Å². The zero-order valence-electron chi connectivity index (χ0n) is 13.6. The molecule has 21 heavy (non-hydrogen) atoms. The van der Waals surface area contributed by atoms with E-state index in [1.54, 1.807) is 4.90 Å².